The van der Waals surface area contributed by atoms with E-state index >= 15 is 0 Å². The second kappa shape index (κ2) is 5.91. The number of rotatable bonds is 5. The predicted molar refractivity (Wildman–Crippen MR) is 68.3 cm³/mol. The molecule has 0 aliphatic carbocycles. The highest BCUT2D eigenvalue weighted by atomic mass is 16.4. The fourth-order valence-electron chi connectivity index (χ4n) is 1.33. The number of aromatic nitrogens is 2. The molecule has 7 heteroatoms. The highest BCUT2D eigenvalue weighted by molar-refractivity contribution is 5.83. The van der Waals surface area contributed by atoms with Crippen LogP contribution in [-0.2, 0) is 11.2 Å². The van der Waals surface area contributed by atoms with Crippen LogP contribution in [0.3, 0.4) is 0 Å². The monoisotopic (exact) mass is 264 g/mol. The van der Waals surface area contributed by atoms with E-state index in [0.717, 1.165) is 0 Å². The van der Waals surface area contributed by atoms with Gasteiger partial charge in [0.1, 0.15) is 6.04 Å². The van der Waals surface area contributed by atoms with E-state index in [1.807, 2.05) is 0 Å². The van der Waals surface area contributed by atoms with Crippen LogP contribution < -0.4 is 10.6 Å². The van der Waals surface area contributed by atoms with E-state index in [9.17, 15) is 9.59 Å². The zero-order valence-corrected chi connectivity index (χ0v) is 10.7. The molecule has 0 bridgehead atoms. The van der Waals surface area contributed by atoms with Gasteiger partial charge in [-0.1, -0.05) is 5.92 Å². The van der Waals surface area contributed by atoms with Crippen molar-refractivity contribution in [1.29, 1.82) is 0 Å². The third-order valence-corrected chi connectivity index (χ3v) is 2.37. The number of amides is 2. The van der Waals surface area contributed by atoms with Crippen molar-refractivity contribution in [3.05, 3.63) is 18.2 Å². The smallest absolute Gasteiger partial charge is 0.326 e. The number of nitrogens with zero attached hydrogens (tertiary/aromatic N) is 1. The van der Waals surface area contributed by atoms with E-state index in [0.29, 0.717) is 5.69 Å². The van der Waals surface area contributed by atoms with Crippen LogP contribution in [0.4, 0.5) is 4.79 Å². The van der Waals surface area contributed by atoms with Crippen molar-refractivity contribution in [2.75, 3.05) is 0 Å². The first-order chi connectivity index (χ1) is 8.84. The van der Waals surface area contributed by atoms with E-state index in [2.05, 4.69) is 26.5 Å². The van der Waals surface area contributed by atoms with Crippen LogP contribution in [0.1, 0.15) is 19.5 Å². The Morgan fingerprint density at radius 3 is 2.79 bits per heavy atom. The average molecular weight is 264 g/mol. The van der Waals surface area contributed by atoms with Gasteiger partial charge in [0.2, 0.25) is 0 Å². The Kier molecular flexibility index (Phi) is 4.53. The average Bonchev–Trinajstić information content (AvgIpc) is 2.80. The van der Waals surface area contributed by atoms with Crippen molar-refractivity contribution in [2.45, 2.75) is 31.8 Å². The SMILES string of the molecule is C#CC(C)(C)NC(=O)N[C@H](Cc1cnc[nH]1)C(=O)O. The molecule has 1 heterocycles. The number of nitrogens with one attached hydrogen (secondary N) is 3. The molecule has 1 aromatic rings. The number of hydrogen-bond acceptors (Lipinski definition) is 3. The summed E-state index contributed by atoms with van der Waals surface area (Å²) in [6, 6.07) is -1.69. The van der Waals surface area contributed by atoms with E-state index in [4.69, 9.17) is 11.5 Å². The van der Waals surface area contributed by atoms with Crippen LogP contribution in [0.2, 0.25) is 0 Å². The van der Waals surface area contributed by atoms with Gasteiger partial charge in [-0.3, -0.25) is 0 Å². The summed E-state index contributed by atoms with van der Waals surface area (Å²) in [7, 11) is 0. The molecule has 0 aromatic carbocycles. The first-order valence-electron chi connectivity index (χ1n) is 5.60. The maximum atomic E-state index is 11.7. The molecule has 1 rings (SSSR count). The molecule has 4 N–H and O–H groups in total. The third kappa shape index (κ3) is 4.71. The van der Waals surface area contributed by atoms with Crippen LogP contribution in [0.5, 0.6) is 0 Å². The van der Waals surface area contributed by atoms with Gasteiger partial charge in [0.25, 0.3) is 0 Å². The van der Waals surface area contributed by atoms with Gasteiger partial charge in [-0.15, -0.1) is 6.42 Å². The molecule has 0 aliphatic heterocycles. The van der Waals surface area contributed by atoms with Crippen LogP contribution in [0, 0.1) is 12.3 Å². The maximum absolute atomic E-state index is 11.7. The molecule has 1 atom stereocenters. The molecule has 7 nitrogen and oxygen atoms in total. The van der Waals surface area contributed by atoms with Crippen molar-refractivity contribution in [3.63, 3.8) is 0 Å². The number of aromatic amines is 1. The summed E-state index contributed by atoms with van der Waals surface area (Å²) in [5.74, 6) is 1.25. The molecule has 19 heavy (non-hydrogen) atoms. The Balaban J connectivity index is 2.62. The molecule has 102 valence electrons. The van der Waals surface area contributed by atoms with E-state index in [1.165, 1.54) is 12.5 Å². The number of carbonyl (C=O) groups excluding carboxylic acids is 1. The minimum Gasteiger partial charge on any atom is -0.480 e. The topological polar surface area (TPSA) is 107 Å². The molecular formula is C12H16N4O3. The van der Waals surface area contributed by atoms with Crippen molar-refractivity contribution < 1.29 is 14.7 Å². The van der Waals surface area contributed by atoms with Crippen LogP contribution in [0.15, 0.2) is 12.5 Å². The number of aliphatic carboxylic acids is 1. The molecule has 0 fully saturated rings. The number of carboxylic acid groups (broad SMARTS) is 1. The molecular weight excluding hydrogens is 248 g/mol. The molecule has 0 radical (unpaired) electrons. The molecule has 0 saturated carbocycles. The molecule has 0 saturated heterocycles. The Bertz CT molecular complexity index is 488. The highest BCUT2D eigenvalue weighted by Gasteiger charge is 2.24. The fraction of sp³-hybridized carbons (Fsp3) is 0.417. The first-order valence-corrected chi connectivity index (χ1v) is 5.60. The summed E-state index contributed by atoms with van der Waals surface area (Å²) in [6.45, 7) is 3.27. The second-order valence-electron chi connectivity index (χ2n) is 4.54. The molecule has 1 aromatic heterocycles. The minimum absolute atomic E-state index is 0.110. The van der Waals surface area contributed by atoms with Gasteiger partial charge in [-0.2, -0.15) is 0 Å². The lowest BCUT2D eigenvalue weighted by molar-refractivity contribution is -0.139. The van der Waals surface area contributed by atoms with Gasteiger partial charge in [-0.25, -0.2) is 14.6 Å². The number of urea groups is 1. The summed E-state index contributed by atoms with van der Waals surface area (Å²) in [6.07, 6.45) is 8.28. The summed E-state index contributed by atoms with van der Waals surface area (Å²) >= 11 is 0. The number of carbonyl (C=O) groups is 2. The normalized spacial score (nSPS) is 12.3. The molecule has 0 aliphatic rings. The number of terminal acetylenes is 1. The number of imidazole rings is 1. The zero-order valence-electron chi connectivity index (χ0n) is 10.7. The summed E-state index contributed by atoms with van der Waals surface area (Å²) in [5, 5.41) is 13.9. The Labute approximate surface area is 110 Å². The van der Waals surface area contributed by atoms with Gasteiger partial charge >= 0.3 is 12.0 Å². The Hall–Kier alpha value is -2.49. The lowest BCUT2D eigenvalue weighted by Gasteiger charge is -2.22. The predicted octanol–water partition coefficient (Wildman–Crippen LogP) is 0.116. The fourth-order valence-corrected chi connectivity index (χ4v) is 1.33. The van der Waals surface area contributed by atoms with Gasteiger partial charge in [0.15, 0.2) is 0 Å². The molecule has 0 unspecified atom stereocenters. The third-order valence-electron chi connectivity index (χ3n) is 2.37. The first kappa shape index (κ1) is 14.6. The van der Waals surface area contributed by atoms with Crippen molar-refractivity contribution >= 4 is 12.0 Å². The summed E-state index contributed by atoms with van der Waals surface area (Å²) in [5.41, 5.74) is -0.231. The molecule has 2 amide bonds. The molecule has 0 spiro atoms. The zero-order chi connectivity index (χ0) is 14.5. The van der Waals surface area contributed by atoms with Gasteiger partial charge in [0.05, 0.1) is 11.9 Å². The van der Waals surface area contributed by atoms with Crippen molar-refractivity contribution in [1.82, 2.24) is 20.6 Å². The number of hydrogen-bond donors (Lipinski definition) is 4. The maximum Gasteiger partial charge on any atom is 0.326 e. The van der Waals surface area contributed by atoms with E-state index in [1.54, 1.807) is 13.8 Å². The van der Waals surface area contributed by atoms with Crippen LogP contribution >= 0.6 is 0 Å². The lowest BCUT2D eigenvalue weighted by atomic mass is 10.1. The summed E-state index contributed by atoms with van der Waals surface area (Å²) in [4.78, 5) is 29.3. The van der Waals surface area contributed by atoms with E-state index in [-0.39, 0.29) is 6.42 Å². The summed E-state index contributed by atoms with van der Waals surface area (Å²) < 4.78 is 0. The van der Waals surface area contributed by atoms with Crippen molar-refractivity contribution in [3.8, 4) is 12.3 Å². The number of H-pyrrole nitrogens is 1. The minimum atomic E-state index is -1.14. The number of carboxylic acids is 1. The van der Waals surface area contributed by atoms with Crippen molar-refractivity contribution in [2.24, 2.45) is 0 Å². The largest absolute Gasteiger partial charge is 0.480 e. The Morgan fingerprint density at radius 2 is 2.32 bits per heavy atom. The Morgan fingerprint density at radius 1 is 1.63 bits per heavy atom. The van der Waals surface area contributed by atoms with Gasteiger partial charge < -0.3 is 20.7 Å². The lowest BCUT2D eigenvalue weighted by Crippen LogP contribution is -2.52. The highest BCUT2D eigenvalue weighted by Crippen LogP contribution is 2.01. The van der Waals surface area contributed by atoms with Gasteiger partial charge in [-0.05, 0) is 13.8 Å². The van der Waals surface area contributed by atoms with Crippen LogP contribution in [-0.4, -0.2) is 38.7 Å². The van der Waals surface area contributed by atoms with Crippen LogP contribution in [0.25, 0.3) is 0 Å². The standard InChI is InChI=1S/C12H16N4O3/c1-4-12(2,3)16-11(19)15-9(10(17)18)5-8-6-13-7-14-8/h1,6-7,9H,5H2,2-3H3,(H,13,14)(H,17,18)(H2,15,16,19)/t9-/m1/s1. The quantitative estimate of drug-likeness (QED) is 0.566. The second-order valence-corrected chi connectivity index (χ2v) is 4.54. The van der Waals surface area contributed by atoms with E-state index < -0.39 is 23.6 Å². The van der Waals surface area contributed by atoms with Gasteiger partial charge in [0, 0.05) is 18.3 Å².